The molecule has 1 amide bonds. The van der Waals surface area contributed by atoms with Gasteiger partial charge in [-0.15, -0.1) is 0 Å². The summed E-state index contributed by atoms with van der Waals surface area (Å²) in [6.07, 6.45) is 2.48. The molecular weight excluding hydrogens is 482 g/mol. The second kappa shape index (κ2) is 13.1. The zero-order valence-electron chi connectivity index (χ0n) is 19.3. The van der Waals surface area contributed by atoms with Crippen molar-refractivity contribution in [3.8, 4) is 11.5 Å². The normalized spacial score (nSPS) is 10.8. The molecule has 35 heavy (non-hydrogen) atoms. The Morgan fingerprint density at radius 3 is 2.31 bits per heavy atom. The zero-order valence-corrected chi connectivity index (χ0v) is 20.1. The summed E-state index contributed by atoms with van der Waals surface area (Å²) in [6, 6.07) is 9.01. The molecule has 190 valence electrons. The van der Waals surface area contributed by atoms with Crippen molar-refractivity contribution < 1.29 is 37.1 Å². The molecule has 0 aromatic heterocycles. The Morgan fingerprint density at radius 1 is 1.00 bits per heavy atom. The number of hydrogen-bond acceptors (Lipinski definition) is 9. The van der Waals surface area contributed by atoms with Crippen LogP contribution in [0.3, 0.4) is 0 Å². The van der Waals surface area contributed by atoms with Gasteiger partial charge in [-0.25, -0.2) is 8.42 Å². The lowest BCUT2D eigenvalue weighted by molar-refractivity contribution is -0.384. The number of sulfonamides is 1. The maximum absolute atomic E-state index is 12.7. The first-order valence-corrected chi connectivity index (χ1v) is 12.1. The Morgan fingerprint density at radius 2 is 1.69 bits per heavy atom. The molecule has 0 bridgehead atoms. The van der Waals surface area contributed by atoms with Gasteiger partial charge in [-0.05, 0) is 49.2 Å². The quantitative estimate of drug-likeness (QED) is 0.169. The number of anilines is 1. The summed E-state index contributed by atoms with van der Waals surface area (Å²) in [5, 5.41) is 14.0. The lowest BCUT2D eigenvalue weighted by Gasteiger charge is -2.11. The van der Waals surface area contributed by atoms with Crippen LogP contribution in [0.5, 0.6) is 11.5 Å². The van der Waals surface area contributed by atoms with Gasteiger partial charge in [-0.3, -0.25) is 24.4 Å². The van der Waals surface area contributed by atoms with Crippen LogP contribution in [0.15, 0.2) is 47.4 Å². The van der Waals surface area contributed by atoms with Gasteiger partial charge >= 0.3 is 5.97 Å². The molecular formula is C22H27N3O9S. The maximum atomic E-state index is 12.7. The number of nitrogens with one attached hydrogen (secondary N) is 2. The molecule has 2 aromatic carbocycles. The zero-order chi connectivity index (χ0) is 25.8. The van der Waals surface area contributed by atoms with Gasteiger partial charge in [-0.1, -0.05) is 6.42 Å². The van der Waals surface area contributed by atoms with Crippen molar-refractivity contribution in [2.75, 3.05) is 32.1 Å². The number of amides is 1. The van der Waals surface area contributed by atoms with E-state index in [1.165, 1.54) is 50.6 Å². The predicted octanol–water partition coefficient (Wildman–Crippen LogP) is 2.63. The monoisotopic (exact) mass is 509 g/mol. The number of nitro benzene ring substituents is 1. The van der Waals surface area contributed by atoms with Crippen LogP contribution in [0.1, 0.15) is 25.7 Å². The van der Waals surface area contributed by atoms with E-state index in [1.54, 1.807) is 0 Å². The summed E-state index contributed by atoms with van der Waals surface area (Å²) < 4.78 is 42.4. The molecule has 0 saturated heterocycles. The molecule has 13 heteroatoms. The molecule has 2 aromatic rings. The van der Waals surface area contributed by atoms with Gasteiger partial charge in [0, 0.05) is 13.0 Å². The highest BCUT2D eigenvalue weighted by Crippen LogP contribution is 2.31. The molecule has 2 rings (SSSR count). The van der Waals surface area contributed by atoms with E-state index in [1.807, 2.05) is 0 Å². The van der Waals surface area contributed by atoms with Gasteiger partial charge in [0.05, 0.1) is 30.1 Å². The number of hydrogen-bond donors (Lipinski definition) is 2. The van der Waals surface area contributed by atoms with Crippen molar-refractivity contribution in [3.05, 3.63) is 52.6 Å². The van der Waals surface area contributed by atoms with Gasteiger partial charge in [-0.2, -0.15) is 0 Å². The van der Waals surface area contributed by atoms with Gasteiger partial charge < -0.3 is 19.5 Å². The SMILES string of the molecule is COC(=O)CCCCCNC(=O)COc1ccc(S(=O)(=O)Nc2ccc(OC)cc2[N+](=O)[O-])cc1. The van der Waals surface area contributed by atoms with Crippen molar-refractivity contribution in [2.24, 2.45) is 0 Å². The lowest BCUT2D eigenvalue weighted by Crippen LogP contribution is -2.29. The van der Waals surface area contributed by atoms with E-state index < -0.39 is 20.6 Å². The molecule has 0 aliphatic heterocycles. The van der Waals surface area contributed by atoms with Gasteiger partial charge in [0.1, 0.15) is 17.2 Å². The molecule has 12 nitrogen and oxygen atoms in total. The largest absolute Gasteiger partial charge is 0.496 e. The highest BCUT2D eigenvalue weighted by Gasteiger charge is 2.22. The molecule has 0 radical (unpaired) electrons. The molecule has 0 spiro atoms. The molecule has 0 saturated carbocycles. The Hall–Kier alpha value is -3.87. The number of benzene rings is 2. The Kier molecular flexibility index (Phi) is 10.3. The smallest absolute Gasteiger partial charge is 0.305 e. The lowest BCUT2D eigenvalue weighted by atomic mass is 10.2. The number of esters is 1. The average Bonchev–Trinajstić information content (AvgIpc) is 2.84. The second-order valence-corrected chi connectivity index (χ2v) is 8.92. The third kappa shape index (κ3) is 8.77. The summed E-state index contributed by atoms with van der Waals surface area (Å²) in [5.41, 5.74) is -0.666. The third-order valence-electron chi connectivity index (χ3n) is 4.76. The fraction of sp³-hybridized carbons (Fsp3) is 0.364. The number of unbranched alkanes of at least 4 members (excludes halogenated alkanes) is 2. The molecule has 0 aliphatic rings. The minimum Gasteiger partial charge on any atom is -0.496 e. The van der Waals surface area contributed by atoms with Gasteiger partial charge in [0.2, 0.25) is 0 Å². The predicted molar refractivity (Wildman–Crippen MR) is 126 cm³/mol. The molecule has 0 unspecified atom stereocenters. The van der Waals surface area contributed by atoms with E-state index in [-0.39, 0.29) is 40.6 Å². The number of methoxy groups -OCH3 is 2. The maximum Gasteiger partial charge on any atom is 0.305 e. The number of nitrogens with zero attached hydrogens (tertiary/aromatic N) is 1. The van der Waals surface area contributed by atoms with Crippen LogP contribution in [0.4, 0.5) is 11.4 Å². The second-order valence-electron chi connectivity index (χ2n) is 7.24. The highest BCUT2D eigenvalue weighted by molar-refractivity contribution is 7.92. The van der Waals surface area contributed by atoms with Crippen LogP contribution in [0.25, 0.3) is 0 Å². The summed E-state index contributed by atoms with van der Waals surface area (Å²) in [7, 11) is -1.45. The Bertz CT molecular complexity index is 1140. The van der Waals surface area contributed by atoms with Crippen molar-refractivity contribution in [3.63, 3.8) is 0 Å². The molecule has 2 N–H and O–H groups in total. The summed E-state index contributed by atoms with van der Waals surface area (Å²) in [5.74, 6) is -0.126. The van der Waals surface area contributed by atoms with Crippen LogP contribution < -0.4 is 19.5 Å². The number of carbonyl (C=O) groups excluding carboxylic acids is 2. The fourth-order valence-electron chi connectivity index (χ4n) is 2.90. The Balaban J connectivity index is 1.86. The van der Waals surface area contributed by atoms with Crippen LogP contribution in [-0.2, 0) is 24.3 Å². The number of ether oxygens (including phenoxy) is 3. The first-order chi connectivity index (χ1) is 16.7. The summed E-state index contributed by atoms with van der Waals surface area (Å²) >= 11 is 0. The summed E-state index contributed by atoms with van der Waals surface area (Å²) in [6.45, 7) is 0.175. The van der Waals surface area contributed by atoms with Crippen LogP contribution in [-0.4, -0.2) is 52.6 Å². The van der Waals surface area contributed by atoms with E-state index in [2.05, 4.69) is 14.8 Å². The van der Waals surface area contributed by atoms with E-state index in [4.69, 9.17) is 9.47 Å². The van der Waals surface area contributed by atoms with Crippen molar-refractivity contribution in [1.29, 1.82) is 0 Å². The summed E-state index contributed by atoms with van der Waals surface area (Å²) in [4.78, 5) is 33.3. The van der Waals surface area contributed by atoms with E-state index in [9.17, 15) is 28.1 Å². The van der Waals surface area contributed by atoms with Crippen LogP contribution in [0.2, 0.25) is 0 Å². The molecule has 0 atom stereocenters. The highest BCUT2D eigenvalue weighted by atomic mass is 32.2. The number of rotatable bonds is 14. The Labute approximate surface area is 202 Å². The van der Waals surface area contributed by atoms with E-state index >= 15 is 0 Å². The van der Waals surface area contributed by atoms with Crippen molar-refractivity contribution in [2.45, 2.75) is 30.6 Å². The first kappa shape index (κ1) is 27.4. The van der Waals surface area contributed by atoms with Crippen molar-refractivity contribution >= 4 is 33.3 Å². The van der Waals surface area contributed by atoms with Crippen LogP contribution >= 0.6 is 0 Å². The topological polar surface area (TPSA) is 163 Å². The molecule has 0 aliphatic carbocycles. The number of carbonyl (C=O) groups is 2. The first-order valence-electron chi connectivity index (χ1n) is 10.6. The average molecular weight is 510 g/mol. The van der Waals surface area contributed by atoms with Crippen LogP contribution in [0, 0.1) is 10.1 Å². The van der Waals surface area contributed by atoms with Gasteiger partial charge in [0.25, 0.3) is 21.6 Å². The van der Waals surface area contributed by atoms with Gasteiger partial charge in [0.15, 0.2) is 6.61 Å². The molecule has 0 fully saturated rings. The third-order valence-corrected chi connectivity index (χ3v) is 6.14. The minimum absolute atomic E-state index is 0.147. The molecule has 0 heterocycles. The fourth-order valence-corrected chi connectivity index (χ4v) is 3.97. The van der Waals surface area contributed by atoms with Crippen molar-refractivity contribution in [1.82, 2.24) is 5.32 Å². The minimum atomic E-state index is -4.12. The van der Waals surface area contributed by atoms with E-state index in [0.29, 0.717) is 25.8 Å². The van der Waals surface area contributed by atoms with E-state index in [0.717, 1.165) is 12.5 Å². The number of nitro groups is 1. The standard InChI is InChI=1S/C22H27N3O9S/c1-32-17-9-12-19(20(14-17)25(28)29)24-35(30,31)18-10-7-16(8-11-18)34-15-21(26)23-13-5-3-4-6-22(27)33-2/h7-12,14,24H,3-6,13,15H2,1-2H3,(H,23,26).